The lowest BCUT2D eigenvalue weighted by molar-refractivity contribution is 0.322. The molecule has 0 aliphatic rings. The van der Waals surface area contributed by atoms with Gasteiger partial charge in [-0.2, -0.15) is 0 Å². The van der Waals surface area contributed by atoms with Crippen LogP contribution in [0.4, 0.5) is 0 Å². The second kappa shape index (κ2) is 7.03. The third-order valence-corrected chi connectivity index (χ3v) is 5.76. The molecular formula is C15H16Br2O3S. The van der Waals surface area contributed by atoms with Gasteiger partial charge in [-0.25, -0.2) is 0 Å². The van der Waals surface area contributed by atoms with Crippen molar-refractivity contribution in [1.29, 1.82) is 0 Å². The molecule has 1 atom stereocenters. The first-order chi connectivity index (χ1) is 10.0. The summed E-state index contributed by atoms with van der Waals surface area (Å²) in [6.45, 7) is 2.10. The van der Waals surface area contributed by atoms with Crippen LogP contribution in [0.15, 0.2) is 22.0 Å². The summed E-state index contributed by atoms with van der Waals surface area (Å²) in [5.74, 6) is 1.94. The second-order valence-corrected chi connectivity index (χ2v) is 7.90. The molecule has 21 heavy (non-hydrogen) atoms. The molecule has 6 heteroatoms. The van der Waals surface area contributed by atoms with E-state index in [1.54, 1.807) is 32.7 Å². The van der Waals surface area contributed by atoms with Crippen LogP contribution in [-0.4, -0.2) is 21.3 Å². The average Bonchev–Trinajstić information content (AvgIpc) is 2.83. The molecule has 0 bridgehead atoms. The van der Waals surface area contributed by atoms with Gasteiger partial charge in [-0.05, 0) is 46.6 Å². The lowest BCUT2D eigenvalue weighted by atomic mass is 10.0. The maximum atomic E-state index is 5.56. The van der Waals surface area contributed by atoms with Crippen LogP contribution in [0.3, 0.4) is 0 Å². The van der Waals surface area contributed by atoms with Gasteiger partial charge in [0.2, 0.25) is 5.75 Å². The largest absolute Gasteiger partial charge is 0.493 e. The van der Waals surface area contributed by atoms with Crippen molar-refractivity contribution in [3.05, 3.63) is 38.0 Å². The highest BCUT2D eigenvalue weighted by molar-refractivity contribution is 9.11. The highest BCUT2D eigenvalue weighted by Crippen LogP contribution is 2.47. The smallest absolute Gasteiger partial charge is 0.203 e. The number of methoxy groups -OCH3 is 3. The normalized spacial score (nSPS) is 12.1. The van der Waals surface area contributed by atoms with Crippen LogP contribution in [0.1, 0.15) is 20.8 Å². The predicted molar refractivity (Wildman–Crippen MR) is 93.6 cm³/mol. The highest BCUT2D eigenvalue weighted by Gasteiger charge is 2.23. The van der Waals surface area contributed by atoms with Crippen LogP contribution < -0.4 is 14.2 Å². The van der Waals surface area contributed by atoms with E-state index in [-0.39, 0.29) is 4.83 Å². The standard InChI is InChI=1S/C15H16Br2O3S/c1-8-10(7-12(16)21-8)13(17)9-5-6-11(18-2)15(20-4)14(9)19-3/h5-7,13H,1-4H3. The monoisotopic (exact) mass is 434 g/mol. The first-order valence-corrected chi connectivity index (χ1v) is 8.74. The fraction of sp³-hybridized carbons (Fsp3) is 0.333. The Kier molecular flexibility index (Phi) is 5.57. The zero-order valence-electron chi connectivity index (χ0n) is 12.2. The second-order valence-electron chi connectivity index (χ2n) is 4.35. The first kappa shape index (κ1) is 16.6. The maximum absolute atomic E-state index is 5.56. The van der Waals surface area contributed by atoms with E-state index >= 15 is 0 Å². The minimum absolute atomic E-state index is 0.0230. The summed E-state index contributed by atoms with van der Waals surface area (Å²) in [5, 5.41) is 0. The number of hydrogen-bond donors (Lipinski definition) is 0. The summed E-state index contributed by atoms with van der Waals surface area (Å²) in [7, 11) is 4.86. The number of thiophene rings is 1. The van der Waals surface area contributed by atoms with Gasteiger partial charge in [0, 0.05) is 10.4 Å². The number of alkyl halides is 1. The van der Waals surface area contributed by atoms with E-state index in [9.17, 15) is 0 Å². The molecule has 1 heterocycles. The summed E-state index contributed by atoms with van der Waals surface area (Å²) < 4.78 is 17.4. The highest BCUT2D eigenvalue weighted by atomic mass is 79.9. The Morgan fingerprint density at radius 2 is 1.67 bits per heavy atom. The molecule has 1 aromatic heterocycles. The lowest BCUT2D eigenvalue weighted by Crippen LogP contribution is -2.01. The zero-order valence-corrected chi connectivity index (χ0v) is 16.2. The van der Waals surface area contributed by atoms with E-state index < -0.39 is 0 Å². The number of rotatable bonds is 5. The minimum Gasteiger partial charge on any atom is -0.493 e. The van der Waals surface area contributed by atoms with Crippen LogP contribution in [0.2, 0.25) is 0 Å². The molecule has 0 fully saturated rings. The molecule has 0 N–H and O–H groups in total. The van der Waals surface area contributed by atoms with Crippen molar-refractivity contribution in [2.75, 3.05) is 21.3 Å². The van der Waals surface area contributed by atoms with Gasteiger partial charge in [-0.15, -0.1) is 11.3 Å². The van der Waals surface area contributed by atoms with Crippen molar-refractivity contribution in [2.45, 2.75) is 11.8 Å². The van der Waals surface area contributed by atoms with Crippen molar-refractivity contribution in [3.63, 3.8) is 0 Å². The van der Waals surface area contributed by atoms with E-state index in [0.29, 0.717) is 17.2 Å². The molecule has 0 saturated carbocycles. The number of hydrogen-bond acceptors (Lipinski definition) is 4. The molecule has 114 valence electrons. The van der Waals surface area contributed by atoms with Gasteiger partial charge in [-0.1, -0.05) is 15.9 Å². The molecule has 0 amide bonds. The van der Waals surface area contributed by atoms with Crippen molar-refractivity contribution in [2.24, 2.45) is 0 Å². The Bertz CT molecular complexity index is 640. The van der Waals surface area contributed by atoms with Crippen molar-refractivity contribution in [3.8, 4) is 17.2 Å². The summed E-state index contributed by atoms with van der Waals surface area (Å²) in [6.07, 6.45) is 0. The topological polar surface area (TPSA) is 27.7 Å². The fourth-order valence-electron chi connectivity index (χ4n) is 2.20. The van der Waals surface area contributed by atoms with E-state index in [4.69, 9.17) is 14.2 Å². The van der Waals surface area contributed by atoms with Crippen molar-refractivity contribution >= 4 is 43.2 Å². The lowest BCUT2D eigenvalue weighted by Gasteiger charge is -2.19. The Balaban J connectivity index is 2.55. The third-order valence-electron chi connectivity index (χ3n) is 3.21. The summed E-state index contributed by atoms with van der Waals surface area (Å²) in [5.41, 5.74) is 2.21. The molecule has 1 aromatic carbocycles. The number of aryl methyl sites for hydroxylation is 1. The van der Waals surface area contributed by atoms with E-state index in [1.807, 2.05) is 12.1 Å². The van der Waals surface area contributed by atoms with Crippen LogP contribution >= 0.6 is 43.2 Å². The van der Waals surface area contributed by atoms with Crippen LogP contribution in [0, 0.1) is 6.92 Å². The molecular weight excluding hydrogens is 420 g/mol. The third kappa shape index (κ3) is 3.22. The van der Waals surface area contributed by atoms with Crippen molar-refractivity contribution in [1.82, 2.24) is 0 Å². The molecule has 0 aliphatic carbocycles. The molecule has 0 aliphatic heterocycles. The number of benzene rings is 1. The summed E-state index contributed by atoms with van der Waals surface area (Å²) in [4.78, 5) is 1.27. The molecule has 0 saturated heterocycles. The molecule has 3 nitrogen and oxygen atoms in total. The Morgan fingerprint density at radius 1 is 1.00 bits per heavy atom. The molecule has 1 unspecified atom stereocenters. The maximum Gasteiger partial charge on any atom is 0.203 e. The van der Waals surface area contributed by atoms with Crippen LogP contribution in [0.5, 0.6) is 17.2 Å². The molecule has 2 aromatic rings. The van der Waals surface area contributed by atoms with Gasteiger partial charge < -0.3 is 14.2 Å². The van der Waals surface area contributed by atoms with E-state index in [2.05, 4.69) is 44.8 Å². The van der Waals surface area contributed by atoms with Gasteiger partial charge >= 0.3 is 0 Å². The summed E-state index contributed by atoms with van der Waals surface area (Å²) in [6, 6.07) is 6.00. The number of ether oxygens (including phenoxy) is 3. The van der Waals surface area contributed by atoms with E-state index in [0.717, 1.165) is 9.35 Å². The molecule has 2 rings (SSSR count). The predicted octanol–water partition coefficient (Wildman–Crippen LogP) is 5.33. The fourth-order valence-corrected chi connectivity index (χ4v) is 4.94. The van der Waals surface area contributed by atoms with E-state index in [1.165, 1.54) is 10.4 Å². The van der Waals surface area contributed by atoms with Gasteiger partial charge in [-0.3, -0.25) is 0 Å². The first-order valence-electron chi connectivity index (χ1n) is 6.22. The zero-order chi connectivity index (χ0) is 15.6. The van der Waals surface area contributed by atoms with Crippen LogP contribution in [0.25, 0.3) is 0 Å². The molecule has 0 radical (unpaired) electrons. The quantitative estimate of drug-likeness (QED) is 0.594. The summed E-state index contributed by atoms with van der Waals surface area (Å²) >= 11 is 9.01. The SMILES string of the molecule is COc1ccc(C(Br)c2cc(Br)sc2C)c(OC)c1OC. The Hall–Kier alpha value is -0.720. The molecule has 0 spiro atoms. The van der Waals surface area contributed by atoms with Gasteiger partial charge in [0.1, 0.15) is 0 Å². The number of halogens is 2. The van der Waals surface area contributed by atoms with Gasteiger partial charge in [0.05, 0.1) is 29.9 Å². The average molecular weight is 436 g/mol. The van der Waals surface area contributed by atoms with Crippen LogP contribution in [-0.2, 0) is 0 Å². The minimum atomic E-state index is 0.0230. The van der Waals surface area contributed by atoms with Gasteiger partial charge in [0.25, 0.3) is 0 Å². The Morgan fingerprint density at radius 3 is 2.14 bits per heavy atom. The van der Waals surface area contributed by atoms with Gasteiger partial charge in [0.15, 0.2) is 11.5 Å². The van der Waals surface area contributed by atoms with Crippen molar-refractivity contribution < 1.29 is 14.2 Å². The Labute approximate surface area is 145 Å².